The number of aromatic nitrogens is 1. The summed E-state index contributed by atoms with van der Waals surface area (Å²) < 4.78 is 16.7. The minimum atomic E-state index is -0.258. The van der Waals surface area contributed by atoms with E-state index in [0.29, 0.717) is 39.2 Å². The van der Waals surface area contributed by atoms with Crippen LogP contribution in [0.25, 0.3) is 22.6 Å². The van der Waals surface area contributed by atoms with Crippen molar-refractivity contribution in [1.82, 2.24) is 4.98 Å². The van der Waals surface area contributed by atoms with Gasteiger partial charge in [-0.1, -0.05) is 23.7 Å². The van der Waals surface area contributed by atoms with Gasteiger partial charge < -0.3 is 19.2 Å². The van der Waals surface area contributed by atoms with E-state index in [1.54, 1.807) is 37.4 Å². The Morgan fingerprint density at radius 3 is 2.71 bits per heavy atom. The van der Waals surface area contributed by atoms with Crippen LogP contribution in [-0.4, -0.2) is 24.6 Å². The van der Waals surface area contributed by atoms with E-state index in [-0.39, 0.29) is 12.5 Å². The average molecular weight is 437 g/mol. The van der Waals surface area contributed by atoms with Crippen LogP contribution >= 0.6 is 11.6 Å². The molecule has 4 aromatic rings. The summed E-state index contributed by atoms with van der Waals surface area (Å²) >= 11 is 6.20. The number of amides is 1. The molecule has 0 radical (unpaired) electrons. The SMILES string of the molecule is COc1ccc(-c2nc3cc(NC(=O)COc4cccc(C)c4C)ccc3o2)cc1Cl. The highest BCUT2D eigenvalue weighted by Gasteiger charge is 2.12. The number of benzene rings is 3. The standard InChI is InChI=1S/C24H21ClN2O4/c1-14-5-4-6-20(15(14)2)30-13-23(28)26-17-8-10-22-19(12-17)27-24(31-22)16-7-9-21(29-3)18(25)11-16/h4-12H,13H2,1-3H3,(H,26,28). The molecule has 1 aromatic heterocycles. The van der Waals surface area contributed by atoms with Crippen molar-refractivity contribution in [2.75, 3.05) is 19.0 Å². The lowest BCUT2D eigenvalue weighted by atomic mass is 10.1. The van der Waals surface area contributed by atoms with Gasteiger partial charge in [0.15, 0.2) is 12.2 Å². The lowest BCUT2D eigenvalue weighted by Gasteiger charge is -2.11. The maximum Gasteiger partial charge on any atom is 0.262 e. The first kappa shape index (κ1) is 20.8. The molecule has 0 bridgehead atoms. The normalized spacial score (nSPS) is 10.8. The summed E-state index contributed by atoms with van der Waals surface area (Å²) in [6.45, 7) is 3.88. The molecule has 0 aliphatic carbocycles. The fourth-order valence-corrected chi connectivity index (χ4v) is 3.41. The van der Waals surface area contributed by atoms with Gasteiger partial charge in [0, 0.05) is 11.3 Å². The van der Waals surface area contributed by atoms with Crippen LogP contribution in [0.1, 0.15) is 11.1 Å². The Bertz CT molecular complexity index is 1270. The number of halogens is 1. The maximum absolute atomic E-state index is 12.3. The van der Waals surface area contributed by atoms with E-state index < -0.39 is 0 Å². The van der Waals surface area contributed by atoms with Crippen molar-refractivity contribution >= 4 is 34.3 Å². The molecule has 0 fully saturated rings. The Labute approximate surface area is 184 Å². The second-order valence-corrected chi connectivity index (χ2v) is 7.49. The third-order valence-electron chi connectivity index (χ3n) is 4.98. The molecule has 3 aromatic carbocycles. The van der Waals surface area contributed by atoms with Crippen LogP contribution < -0.4 is 14.8 Å². The topological polar surface area (TPSA) is 73.6 Å². The first-order valence-corrected chi connectivity index (χ1v) is 10.1. The first-order valence-electron chi connectivity index (χ1n) is 9.68. The number of nitrogens with one attached hydrogen (secondary N) is 1. The molecular weight excluding hydrogens is 416 g/mol. The molecule has 0 unspecified atom stereocenters. The summed E-state index contributed by atoms with van der Waals surface area (Å²) in [5, 5.41) is 3.30. The average Bonchev–Trinajstić information content (AvgIpc) is 3.18. The van der Waals surface area contributed by atoms with E-state index in [1.165, 1.54) is 0 Å². The van der Waals surface area contributed by atoms with E-state index in [4.69, 9.17) is 25.5 Å². The molecule has 158 valence electrons. The van der Waals surface area contributed by atoms with Crippen molar-refractivity contribution in [2.24, 2.45) is 0 Å². The van der Waals surface area contributed by atoms with Gasteiger partial charge in [0.25, 0.3) is 5.91 Å². The van der Waals surface area contributed by atoms with Gasteiger partial charge in [0.05, 0.1) is 12.1 Å². The zero-order valence-corrected chi connectivity index (χ0v) is 18.1. The second kappa shape index (κ2) is 8.70. The lowest BCUT2D eigenvalue weighted by Crippen LogP contribution is -2.20. The summed E-state index contributed by atoms with van der Waals surface area (Å²) in [4.78, 5) is 16.8. The van der Waals surface area contributed by atoms with Gasteiger partial charge in [0.1, 0.15) is 17.0 Å². The Morgan fingerprint density at radius 1 is 1.10 bits per heavy atom. The van der Waals surface area contributed by atoms with Gasteiger partial charge >= 0.3 is 0 Å². The first-order chi connectivity index (χ1) is 14.9. The maximum atomic E-state index is 12.3. The van der Waals surface area contributed by atoms with Gasteiger partial charge in [-0.3, -0.25) is 4.79 Å². The number of fused-ring (bicyclic) bond motifs is 1. The third kappa shape index (κ3) is 4.49. The molecule has 6 nitrogen and oxygen atoms in total. The van der Waals surface area contributed by atoms with Crippen molar-refractivity contribution in [3.8, 4) is 23.0 Å². The number of anilines is 1. The number of carbonyl (C=O) groups excluding carboxylic acids is 1. The van der Waals surface area contributed by atoms with Crippen LogP contribution in [0.5, 0.6) is 11.5 Å². The molecule has 4 rings (SSSR count). The number of nitrogens with zero attached hydrogens (tertiary/aromatic N) is 1. The molecule has 1 heterocycles. The molecule has 0 saturated heterocycles. The highest BCUT2D eigenvalue weighted by atomic mass is 35.5. The fourth-order valence-electron chi connectivity index (χ4n) is 3.15. The van der Waals surface area contributed by atoms with Crippen LogP contribution in [0, 0.1) is 13.8 Å². The Hall–Kier alpha value is -3.51. The molecule has 0 aliphatic heterocycles. The number of hydrogen-bond acceptors (Lipinski definition) is 5. The van der Waals surface area contributed by atoms with Crippen molar-refractivity contribution in [2.45, 2.75) is 13.8 Å². The largest absolute Gasteiger partial charge is 0.495 e. The van der Waals surface area contributed by atoms with Crippen molar-refractivity contribution < 1.29 is 18.7 Å². The predicted molar refractivity (Wildman–Crippen MR) is 121 cm³/mol. The minimum absolute atomic E-state index is 0.0866. The molecule has 7 heteroatoms. The van der Waals surface area contributed by atoms with E-state index in [1.807, 2.05) is 38.1 Å². The summed E-state index contributed by atoms with van der Waals surface area (Å²) in [5.41, 5.74) is 4.69. The zero-order chi connectivity index (χ0) is 22.0. The third-order valence-corrected chi connectivity index (χ3v) is 5.28. The number of oxazole rings is 1. The fraction of sp³-hybridized carbons (Fsp3) is 0.167. The number of carbonyl (C=O) groups is 1. The van der Waals surface area contributed by atoms with E-state index in [0.717, 1.165) is 16.7 Å². The second-order valence-electron chi connectivity index (χ2n) is 7.09. The molecule has 1 N–H and O–H groups in total. The predicted octanol–water partition coefficient (Wildman–Crippen LogP) is 5.79. The summed E-state index contributed by atoms with van der Waals surface area (Å²) in [7, 11) is 1.56. The summed E-state index contributed by atoms with van der Waals surface area (Å²) in [6.07, 6.45) is 0. The van der Waals surface area contributed by atoms with E-state index in [2.05, 4.69) is 10.3 Å². The molecule has 0 aliphatic rings. The molecule has 0 spiro atoms. The number of ether oxygens (including phenoxy) is 2. The van der Waals surface area contributed by atoms with Crippen molar-refractivity contribution in [1.29, 1.82) is 0 Å². The van der Waals surface area contributed by atoms with E-state index in [9.17, 15) is 4.79 Å². The molecule has 1 amide bonds. The molecule has 0 atom stereocenters. The van der Waals surface area contributed by atoms with Crippen LogP contribution in [-0.2, 0) is 4.79 Å². The minimum Gasteiger partial charge on any atom is -0.495 e. The quantitative estimate of drug-likeness (QED) is 0.414. The Balaban J connectivity index is 1.47. The highest BCUT2D eigenvalue weighted by Crippen LogP contribution is 2.32. The Morgan fingerprint density at radius 2 is 1.94 bits per heavy atom. The monoisotopic (exact) mass is 436 g/mol. The van der Waals surface area contributed by atoms with Crippen LogP contribution in [0.2, 0.25) is 5.02 Å². The summed E-state index contributed by atoms with van der Waals surface area (Å²) in [5.74, 6) is 1.45. The zero-order valence-electron chi connectivity index (χ0n) is 17.4. The van der Waals surface area contributed by atoms with Gasteiger partial charge in [-0.15, -0.1) is 0 Å². The Kier molecular flexibility index (Phi) is 5.82. The van der Waals surface area contributed by atoms with Crippen LogP contribution in [0.15, 0.2) is 59.0 Å². The summed E-state index contributed by atoms with van der Waals surface area (Å²) in [6, 6.07) is 16.3. The van der Waals surface area contributed by atoms with Crippen molar-refractivity contribution in [3.63, 3.8) is 0 Å². The van der Waals surface area contributed by atoms with E-state index >= 15 is 0 Å². The highest BCUT2D eigenvalue weighted by molar-refractivity contribution is 6.32. The number of methoxy groups -OCH3 is 1. The molecule has 31 heavy (non-hydrogen) atoms. The lowest BCUT2D eigenvalue weighted by molar-refractivity contribution is -0.118. The number of rotatable bonds is 6. The van der Waals surface area contributed by atoms with Gasteiger partial charge in [-0.2, -0.15) is 0 Å². The van der Waals surface area contributed by atoms with Gasteiger partial charge in [-0.25, -0.2) is 4.98 Å². The number of aryl methyl sites for hydroxylation is 1. The number of hydrogen-bond donors (Lipinski definition) is 1. The van der Waals surface area contributed by atoms with Crippen molar-refractivity contribution in [3.05, 3.63) is 70.7 Å². The smallest absolute Gasteiger partial charge is 0.262 e. The van der Waals surface area contributed by atoms with Gasteiger partial charge in [0.2, 0.25) is 5.89 Å². The molecular formula is C24H21ClN2O4. The molecule has 0 saturated carbocycles. The van der Waals surface area contributed by atoms with Crippen LogP contribution in [0.4, 0.5) is 5.69 Å². The van der Waals surface area contributed by atoms with Crippen LogP contribution in [0.3, 0.4) is 0 Å². The van der Waals surface area contributed by atoms with Gasteiger partial charge in [-0.05, 0) is 67.4 Å².